The summed E-state index contributed by atoms with van der Waals surface area (Å²) in [6.45, 7) is 0. The van der Waals surface area contributed by atoms with Gasteiger partial charge in [0, 0.05) is 6.20 Å². The minimum absolute atomic E-state index is 0.609. The minimum atomic E-state index is -5.28. The number of hydrogen-bond donors (Lipinski definition) is 2. The Balaban J connectivity index is 2.67. The number of carbonyl (C=O) groups excluding carboxylic acids is 1. The van der Waals surface area contributed by atoms with Gasteiger partial charge in [0.05, 0.1) is 6.33 Å². The van der Waals surface area contributed by atoms with Gasteiger partial charge in [-0.05, 0) is 4.89 Å². The van der Waals surface area contributed by atoms with E-state index in [1.807, 2.05) is 0 Å². The van der Waals surface area contributed by atoms with E-state index >= 15 is 0 Å². The zero-order valence-corrected chi connectivity index (χ0v) is 8.09. The number of aromatic nitrogens is 2. The van der Waals surface area contributed by atoms with Crippen molar-refractivity contribution in [3.63, 3.8) is 0 Å². The third-order valence-electron chi connectivity index (χ3n) is 1.22. The van der Waals surface area contributed by atoms with E-state index in [0.717, 1.165) is 17.4 Å². The summed E-state index contributed by atoms with van der Waals surface area (Å²) in [6.07, 6.45) is -3.40. The number of H-pyrrole nitrogens is 1. The number of halogens is 3. The summed E-state index contributed by atoms with van der Waals surface area (Å²) in [4.78, 5) is 20.0. The number of aromatic amines is 1. The van der Waals surface area contributed by atoms with Crippen molar-refractivity contribution in [2.24, 2.45) is 0 Å². The van der Waals surface area contributed by atoms with Crippen molar-refractivity contribution < 1.29 is 31.2 Å². The first-order valence-electron chi connectivity index (χ1n) is 3.52. The Morgan fingerprint density at radius 1 is 1.50 bits per heavy atom. The van der Waals surface area contributed by atoms with E-state index in [0.29, 0.717) is 0 Å². The average molecular weight is 259 g/mol. The number of nitrogens with one attached hydrogen (secondary N) is 2. The number of nitrogens with zero attached hydrogens (tertiary/aromatic N) is 1. The fourth-order valence-corrected chi connectivity index (χ4v) is 1.27. The third kappa shape index (κ3) is 2.93. The highest BCUT2D eigenvalue weighted by Crippen LogP contribution is 2.16. The van der Waals surface area contributed by atoms with Crippen LogP contribution in [0.25, 0.3) is 0 Å². The van der Waals surface area contributed by atoms with Crippen LogP contribution in [0.3, 0.4) is 0 Å². The van der Waals surface area contributed by atoms with Crippen molar-refractivity contribution in [3.8, 4) is 0 Å². The van der Waals surface area contributed by atoms with E-state index in [1.165, 1.54) is 0 Å². The molecule has 0 aliphatic rings. The highest BCUT2D eigenvalue weighted by atomic mass is 32.2. The van der Waals surface area contributed by atoms with Crippen LogP contribution in [-0.4, -0.2) is 30.5 Å². The first-order chi connectivity index (χ1) is 7.23. The van der Waals surface area contributed by atoms with E-state index < -0.39 is 27.2 Å². The van der Waals surface area contributed by atoms with E-state index in [4.69, 9.17) is 0 Å². The van der Waals surface area contributed by atoms with Crippen molar-refractivity contribution in [2.75, 3.05) is 0 Å². The Morgan fingerprint density at radius 3 is 2.56 bits per heavy atom. The molecule has 16 heavy (non-hydrogen) atoms. The van der Waals surface area contributed by atoms with Crippen LogP contribution >= 0.6 is 0 Å². The van der Waals surface area contributed by atoms with Gasteiger partial charge in [0.25, 0.3) is 10.0 Å². The third-order valence-corrected chi connectivity index (χ3v) is 2.30. The lowest BCUT2D eigenvalue weighted by Gasteiger charge is -2.06. The van der Waals surface area contributed by atoms with Gasteiger partial charge < -0.3 is 9.82 Å². The van der Waals surface area contributed by atoms with Gasteiger partial charge >= 0.3 is 12.1 Å². The minimum Gasteiger partial charge on any atom is -0.350 e. The molecule has 0 aromatic carbocycles. The molecule has 0 bridgehead atoms. The second-order valence-electron chi connectivity index (χ2n) is 2.38. The number of imidazole rings is 1. The Bertz CT molecular complexity index is 466. The van der Waals surface area contributed by atoms with E-state index in [-0.39, 0.29) is 0 Å². The molecule has 0 atom stereocenters. The van der Waals surface area contributed by atoms with E-state index in [9.17, 15) is 26.4 Å². The molecule has 0 saturated carbocycles. The van der Waals surface area contributed by atoms with Crippen LogP contribution in [0.2, 0.25) is 0 Å². The van der Waals surface area contributed by atoms with Crippen molar-refractivity contribution in [3.05, 3.63) is 12.5 Å². The Morgan fingerprint density at radius 2 is 2.12 bits per heavy atom. The molecular weight excluding hydrogens is 255 g/mol. The highest BCUT2D eigenvalue weighted by molar-refractivity contribution is 7.89. The van der Waals surface area contributed by atoms with Crippen molar-refractivity contribution >= 4 is 16.0 Å². The molecule has 1 aromatic rings. The van der Waals surface area contributed by atoms with Crippen molar-refractivity contribution in [1.29, 1.82) is 0 Å². The lowest BCUT2D eigenvalue weighted by molar-refractivity contribution is -0.203. The fourth-order valence-electron chi connectivity index (χ4n) is 0.587. The van der Waals surface area contributed by atoms with Crippen LogP contribution in [-0.2, 0) is 19.7 Å². The Kier molecular flexibility index (Phi) is 3.19. The van der Waals surface area contributed by atoms with Gasteiger partial charge in [-0.25, -0.2) is 18.2 Å². The molecular formula is C5H4F3N3O4S. The number of sulfonamides is 1. The summed E-state index contributed by atoms with van der Waals surface area (Å²) in [7, 11) is -4.41. The summed E-state index contributed by atoms with van der Waals surface area (Å²) >= 11 is 0. The average Bonchev–Trinajstić information content (AvgIpc) is 2.65. The Hall–Kier alpha value is -1.62. The maximum atomic E-state index is 11.6. The molecule has 0 amide bonds. The number of hydrogen-bond acceptors (Lipinski definition) is 5. The number of rotatable bonds is 3. The first-order valence-corrected chi connectivity index (χ1v) is 5.00. The second-order valence-corrected chi connectivity index (χ2v) is 3.97. The van der Waals surface area contributed by atoms with Gasteiger partial charge in [-0.3, -0.25) is 0 Å². The predicted octanol–water partition coefficient (Wildman–Crippen LogP) is -0.291. The van der Waals surface area contributed by atoms with Crippen molar-refractivity contribution in [2.45, 2.75) is 11.2 Å². The summed E-state index contributed by atoms with van der Waals surface area (Å²) in [5.41, 5.74) is 0. The molecule has 0 saturated heterocycles. The molecule has 0 aliphatic heterocycles. The smallest absolute Gasteiger partial charge is 0.350 e. The normalized spacial score (nSPS) is 12.4. The second kappa shape index (κ2) is 4.09. The molecule has 0 spiro atoms. The van der Waals surface area contributed by atoms with Crippen LogP contribution in [0.5, 0.6) is 0 Å². The zero-order valence-electron chi connectivity index (χ0n) is 7.28. The van der Waals surface area contributed by atoms with Gasteiger partial charge in [0.2, 0.25) is 0 Å². The molecule has 1 heterocycles. The molecule has 90 valence electrons. The molecule has 7 nitrogen and oxygen atoms in total. The van der Waals surface area contributed by atoms with Gasteiger partial charge in [-0.2, -0.15) is 13.2 Å². The molecule has 11 heteroatoms. The lowest BCUT2D eigenvalue weighted by atomic mass is 10.7. The molecule has 0 radical (unpaired) electrons. The zero-order chi connectivity index (χ0) is 12.4. The molecule has 2 N–H and O–H groups in total. The topological polar surface area (TPSA) is 101 Å². The Labute approximate surface area is 86.6 Å². The van der Waals surface area contributed by atoms with Crippen LogP contribution in [0, 0.1) is 0 Å². The molecule has 0 fully saturated rings. The van der Waals surface area contributed by atoms with Gasteiger partial charge in [-0.1, -0.05) is 0 Å². The quantitative estimate of drug-likeness (QED) is 0.726. The SMILES string of the molecule is O=C(ONS(=O)(=O)c1c[nH]cn1)C(F)(F)F. The largest absolute Gasteiger partial charge is 0.492 e. The molecule has 0 unspecified atom stereocenters. The van der Waals surface area contributed by atoms with Gasteiger partial charge in [-0.15, -0.1) is 0 Å². The monoisotopic (exact) mass is 259 g/mol. The molecule has 0 aliphatic carbocycles. The van der Waals surface area contributed by atoms with Gasteiger partial charge in [0.1, 0.15) is 0 Å². The fraction of sp³-hybridized carbons (Fsp3) is 0.200. The summed E-state index contributed by atoms with van der Waals surface area (Å²) in [6, 6.07) is 0. The highest BCUT2D eigenvalue weighted by Gasteiger charge is 2.42. The maximum Gasteiger partial charge on any atom is 0.492 e. The standard InChI is InChI=1S/C5H4F3N3O4S/c6-5(7,8)4(12)15-11-16(13,14)3-1-9-2-10-3/h1-2,11H,(H,9,10). The van der Waals surface area contributed by atoms with E-state index in [2.05, 4.69) is 14.8 Å². The molecule has 1 rings (SSSR count). The summed E-state index contributed by atoms with van der Waals surface area (Å²) in [5.74, 6) is -2.67. The number of alkyl halides is 3. The summed E-state index contributed by atoms with van der Waals surface area (Å²) < 4.78 is 57.1. The van der Waals surface area contributed by atoms with Crippen molar-refractivity contribution in [1.82, 2.24) is 14.9 Å². The van der Waals surface area contributed by atoms with Crippen LogP contribution < -0.4 is 4.89 Å². The first kappa shape index (κ1) is 12.4. The maximum absolute atomic E-state index is 11.6. The summed E-state index contributed by atoms with van der Waals surface area (Å²) in [5, 5.41) is -0.609. The van der Waals surface area contributed by atoms with Gasteiger partial charge in [0.15, 0.2) is 5.03 Å². The molecule has 1 aromatic heterocycles. The van der Waals surface area contributed by atoms with Crippen LogP contribution in [0.15, 0.2) is 17.6 Å². The van der Waals surface area contributed by atoms with Crippen LogP contribution in [0.4, 0.5) is 13.2 Å². The van der Waals surface area contributed by atoms with E-state index in [1.54, 1.807) is 0 Å². The van der Waals surface area contributed by atoms with Crippen LogP contribution in [0.1, 0.15) is 0 Å². The lowest BCUT2D eigenvalue weighted by Crippen LogP contribution is -2.34. The number of carbonyl (C=O) groups is 1. The predicted molar refractivity (Wildman–Crippen MR) is 41.1 cm³/mol.